The highest BCUT2D eigenvalue weighted by atomic mass is 79.9. The van der Waals surface area contributed by atoms with Crippen molar-refractivity contribution in [1.29, 1.82) is 0 Å². The van der Waals surface area contributed by atoms with Crippen LogP contribution in [-0.2, 0) is 9.53 Å². The Hall–Kier alpha value is -1.81. The summed E-state index contributed by atoms with van der Waals surface area (Å²) < 4.78 is 11.7. The minimum atomic E-state index is -0.369. The molecule has 0 atom stereocenters. The van der Waals surface area contributed by atoms with Crippen molar-refractivity contribution in [2.45, 2.75) is 20.8 Å². The summed E-state index contributed by atoms with van der Waals surface area (Å²) in [6, 6.07) is 7.89. The fourth-order valence-corrected chi connectivity index (χ4v) is 2.43. The minimum Gasteiger partial charge on any atom is -0.463 e. The highest BCUT2D eigenvalue weighted by Gasteiger charge is 2.09. The maximum atomic E-state index is 11.3. The Balaban J connectivity index is 2.24. The molecular formula is C17H17BrO3. The van der Waals surface area contributed by atoms with E-state index in [4.69, 9.17) is 9.15 Å². The van der Waals surface area contributed by atoms with Gasteiger partial charge < -0.3 is 9.15 Å². The zero-order chi connectivity index (χ0) is 15.4. The standard InChI is InChI=1S/C17H17BrO3/c1-4-20-17(19)8-6-13-5-7-16(21-13)14-9-12(3)15(18)10-11(14)2/h5-10H,4H2,1-3H3/b8-6+. The molecule has 2 rings (SSSR count). The van der Waals surface area contributed by atoms with Crippen LogP contribution in [0.3, 0.4) is 0 Å². The number of hydrogen-bond donors (Lipinski definition) is 0. The second kappa shape index (κ2) is 6.76. The van der Waals surface area contributed by atoms with Crippen LogP contribution in [0.15, 0.2) is 39.2 Å². The lowest BCUT2D eigenvalue weighted by molar-refractivity contribution is -0.137. The summed E-state index contributed by atoms with van der Waals surface area (Å²) >= 11 is 3.52. The summed E-state index contributed by atoms with van der Waals surface area (Å²) in [5, 5.41) is 0. The molecule has 2 aromatic rings. The first-order chi connectivity index (χ1) is 10.0. The number of benzene rings is 1. The van der Waals surface area contributed by atoms with Gasteiger partial charge in [0.1, 0.15) is 11.5 Å². The summed E-state index contributed by atoms with van der Waals surface area (Å²) in [6.07, 6.45) is 2.98. The first-order valence-corrected chi connectivity index (χ1v) is 7.52. The molecule has 1 aromatic heterocycles. The highest BCUT2D eigenvalue weighted by Crippen LogP contribution is 2.30. The van der Waals surface area contributed by atoms with E-state index < -0.39 is 0 Å². The van der Waals surface area contributed by atoms with E-state index in [-0.39, 0.29) is 5.97 Å². The molecule has 0 radical (unpaired) electrons. The average Bonchev–Trinajstić information content (AvgIpc) is 2.89. The van der Waals surface area contributed by atoms with Crippen molar-refractivity contribution < 1.29 is 13.9 Å². The number of rotatable bonds is 4. The van der Waals surface area contributed by atoms with Crippen LogP contribution in [0.25, 0.3) is 17.4 Å². The van der Waals surface area contributed by atoms with Crippen molar-refractivity contribution in [2.24, 2.45) is 0 Å². The molecule has 0 aliphatic heterocycles. The van der Waals surface area contributed by atoms with Crippen LogP contribution in [0, 0.1) is 13.8 Å². The molecule has 0 bridgehead atoms. The van der Waals surface area contributed by atoms with Crippen molar-refractivity contribution in [3.05, 3.63) is 51.7 Å². The van der Waals surface area contributed by atoms with E-state index in [1.807, 2.05) is 26.0 Å². The van der Waals surface area contributed by atoms with Gasteiger partial charge in [-0.15, -0.1) is 0 Å². The Bertz CT molecular complexity index is 683. The maximum absolute atomic E-state index is 11.3. The third kappa shape index (κ3) is 3.85. The minimum absolute atomic E-state index is 0.365. The van der Waals surface area contributed by atoms with Gasteiger partial charge in [-0.05, 0) is 62.2 Å². The summed E-state index contributed by atoms with van der Waals surface area (Å²) in [4.78, 5) is 11.3. The van der Waals surface area contributed by atoms with E-state index in [1.165, 1.54) is 6.08 Å². The third-order valence-corrected chi connectivity index (χ3v) is 3.92. The normalized spacial score (nSPS) is 11.0. The van der Waals surface area contributed by atoms with Crippen LogP contribution >= 0.6 is 15.9 Å². The number of furan rings is 1. The van der Waals surface area contributed by atoms with Gasteiger partial charge in [0.2, 0.25) is 0 Å². The van der Waals surface area contributed by atoms with Crippen LogP contribution in [-0.4, -0.2) is 12.6 Å². The van der Waals surface area contributed by atoms with Gasteiger partial charge in [0, 0.05) is 16.1 Å². The van der Waals surface area contributed by atoms with Crippen molar-refractivity contribution in [2.75, 3.05) is 6.61 Å². The van der Waals surface area contributed by atoms with Crippen molar-refractivity contribution in [3.63, 3.8) is 0 Å². The van der Waals surface area contributed by atoms with Crippen molar-refractivity contribution in [3.8, 4) is 11.3 Å². The molecule has 0 amide bonds. The number of esters is 1. The van der Waals surface area contributed by atoms with Crippen LogP contribution in [0.4, 0.5) is 0 Å². The monoisotopic (exact) mass is 348 g/mol. The number of ether oxygens (including phenoxy) is 1. The lowest BCUT2D eigenvalue weighted by atomic mass is 10.0. The lowest BCUT2D eigenvalue weighted by Crippen LogP contribution is -1.98. The lowest BCUT2D eigenvalue weighted by Gasteiger charge is -2.06. The quantitative estimate of drug-likeness (QED) is 0.582. The van der Waals surface area contributed by atoms with Crippen molar-refractivity contribution >= 4 is 28.0 Å². The van der Waals surface area contributed by atoms with E-state index in [0.717, 1.165) is 26.9 Å². The molecule has 0 fully saturated rings. The molecule has 0 aliphatic carbocycles. The largest absolute Gasteiger partial charge is 0.463 e. The Morgan fingerprint density at radius 3 is 2.76 bits per heavy atom. The van der Waals surface area contributed by atoms with Crippen LogP contribution in [0.1, 0.15) is 23.8 Å². The molecule has 0 saturated carbocycles. The average molecular weight is 349 g/mol. The Kier molecular flexibility index (Phi) is 5.02. The summed E-state index contributed by atoms with van der Waals surface area (Å²) in [5.74, 6) is 1.04. The summed E-state index contributed by atoms with van der Waals surface area (Å²) in [5.41, 5.74) is 3.32. The topological polar surface area (TPSA) is 39.4 Å². The number of hydrogen-bond acceptors (Lipinski definition) is 3. The smallest absolute Gasteiger partial charge is 0.330 e. The molecule has 3 nitrogen and oxygen atoms in total. The first kappa shape index (κ1) is 15.6. The third-order valence-electron chi connectivity index (χ3n) is 3.07. The Labute approximate surface area is 132 Å². The van der Waals surface area contributed by atoms with Gasteiger partial charge >= 0.3 is 5.97 Å². The van der Waals surface area contributed by atoms with Gasteiger partial charge in [0.25, 0.3) is 0 Å². The molecule has 110 valence electrons. The molecule has 21 heavy (non-hydrogen) atoms. The van der Waals surface area contributed by atoms with E-state index in [2.05, 4.69) is 28.1 Å². The molecule has 0 spiro atoms. The zero-order valence-electron chi connectivity index (χ0n) is 12.3. The molecule has 1 heterocycles. The van der Waals surface area contributed by atoms with Crippen LogP contribution in [0.2, 0.25) is 0 Å². The molecule has 0 N–H and O–H groups in total. The molecular weight excluding hydrogens is 332 g/mol. The van der Waals surface area contributed by atoms with E-state index in [0.29, 0.717) is 12.4 Å². The van der Waals surface area contributed by atoms with E-state index in [1.54, 1.807) is 13.0 Å². The Morgan fingerprint density at radius 2 is 2.05 bits per heavy atom. The first-order valence-electron chi connectivity index (χ1n) is 6.73. The molecule has 4 heteroatoms. The number of carbonyl (C=O) groups excluding carboxylic acids is 1. The number of aryl methyl sites for hydroxylation is 2. The van der Waals surface area contributed by atoms with Gasteiger partial charge in [-0.3, -0.25) is 0 Å². The fourth-order valence-electron chi connectivity index (χ4n) is 1.97. The fraction of sp³-hybridized carbons (Fsp3) is 0.235. The predicted octanol–water partition coefficient (Wildman–Crippen LogP) is 4.90. The highest BCUT2D eigenvalue weighted by molar-refractivity contribution is 9.10. The molecule has 0 saturated heterocycles. The molecule has 0 aliphatic rings. The van der Waals surface area contributed by atoms with Crippen molar-refractivity contribution in [1.82, 2.24) is 0 Å². The maximum Gasteiger partial charge on any atom is 0.330 e. The van der Waals surface area contributed by atoms with E-state index in [9.17, 15) is 4.79 Å². The van der Waals surface area contributed by atoms with Gasteiger partial charge in [-0.1, -0.05) is 15.9 Å². The van der Waals surface area contributed by atoms with Gasteiger partial charge in [0.05, 0.1) is 6.61 Å². The molecule has 1 aromatic carbocycles. The number of carbonyl (C=O) groups is 1. The summed E-state index contributed by atoms with van der Waals surface area (Å²) in [7, 11) is 0. The second-order valence-electron chi connectivity index (χ2n) is 4.70. The Morgan fingerprint density at radius 1 is 1.29 bits per heavy atom. The zero-order valence-corrected chi connectivity index (χ0v) is 13.9. The molecule has 0 unspecified atom stereocenters. The predicted molar refractivity (Wildman–Crippen MR) is 87.0 cm³/mol. The number of halogens is 1. The van der Waals surface area contributed by atoms with Crippen LogP contribution in [0.5, 0.6) is 0 Å². The van der Waals surface area contributed by atoms with Crippen LogP contribution < -0.4 is 0 Å². The van der Waals surface area contributed by atoms with Gasteiger partial charge in [-0.2, -0.15) is 0 Å². The van der Waals surface area contributed by atoms with Gasteiger partial charge in [0.15, 0.2) is 0 Å². The second-order valence-corrected chi connectivity index (χ2v) is 5.56. The van der Waals surface area contributed by atoms with Gasteiger partial charge in [-0.25, -0.2) is 4.79 Å². The summed E-state index contributed by atoms with van der Waals surface area (Å²) in [6.45, 7) is 6.22. The SMILES string of the molecule is CCOC(=O)/C=C/c1ccc(-c2cc(C)c(Br)cc2C)o1. The van der Waals surface area contributed by atoms with E-state index >= 15 is 0 Å².